The number of rotatable bonds is 9. The van der Waals surface area contributed by atoms with E-state index < -0.39 is 0 Å². The van der Waals surface area contributed by atoms with Gasteiger partial charge in [0.2, 0.25) is 0 Å². The highest BCUT2D eigenvalue weighted by atomic mass is 16.7. The molecular formula is C13H26O4. The summed E-state index contributed by atoms with van der Waals surface area (Å²) in [6, 6.07) is 0. The van der Waals surface area contributed by atoms with Gasteiger partial charge in [-0.25, -0.2) is 0 Å². The number of ether oxygens (including phenoxy) is 3. The van der Waals surface area contributed by atoms with Crippen LogP contribution in [0.5, 0.6) is 0 Å². The zero-order chi connectivity index (χ0) is 12.3. The van der Waals surface area contributed by atoms with Crippen LogP contribution in [0.2, 0.25) is 0 Å². The smallest absolute Gasteiger partial charge is 0.160 e. The molecule has 4 heteroatoms. The maximum atomic E-state index is 8.99. The van der Waals surface area contributed by atoms with Gasteiger partial charge in [0, 0.05) is 13.0 Å². The average Bonchev–Trinajstić information content (AvgIpc) is 2.38. The van der Waals surface area contributed by atoms with Crippen molar-refractivity contribution in [2.75, 3.05) is 26.4 Å². The highest BCUT2D eigenvalue weighted by molar-refractivity contribution is 4.62. The molecule has 1 fully saturated rings. The Labute approximate surface area is 104 Å². The highest BCUT2D eigenvalue weighted by Crippen LogP contribution is 2.14. The Kier molecular flexibility index (Phi) is 8.61. The van der Waals surface area contributed by atoms with E-state index in [9.17, 15) is 0 Å². The molecule has 1 N–H and O–H groups in total. The number of hydrogen-bond acceptors (Lipinski definition) is 4. The lowest BCUT2D eigenvalue weighted by atomic mass is 10.2. The van der Waals surface area contributed by atoms with Crippen LogP contribution in [0.3, 0.4) is 0 Å². The van der Waals surface area contributed by atoms with Crippen LogP contribution in [0, 0.1) is 0 Å². The molecule has 0 saturated carbocycles. The summed E-state index contributed by atoms with van der Waals surface area (Å²) in [7, 11) is 0. The topological polar surface area (TPSA) is 47.9 Å². The van der Waals surface area contributed by atoms with Gasteiger partial charge in [0.25, 0.3) is 0 Å². The van der Waals surface area contributed by atoms with Gasteiger partial charge in [-0.3, -0.25) is 0 Å². The SMILES string of the molecule is CCCCCCOCC[C@H]1OCC[C@H](CO)O1. The maximum Gasteiger partial charge on any atom is 0.160 e. The van der Waals surface area contributed by atoms with Crippen molar-refractivity contribution in [3.63, 3.8) is 0 Å². The first-order chi connectivity index (χ1) is 8.36. The van der Waals surface area contributed by atoms with Crippen molar-refractivity contribution in [2.24, 2.45) is 0 Å². The van der Waals surface area contributed by atoms with Gasteiger partial charge < -0.3 is 19.3 Å². The standard InChI is InChI=1S/C13H26O4/c1-2-3-4-5-8-15-9-7-13-16-10-6-12(11-14)17-13/h12-14H,2-11H2,1H3/t12-,13+/m1/s1. The molecule has 0 spiro atoms. The van der Waals surface area contributed by atoms with Crippen LogP contribution < -0.4 is 0 Å². The number of hydrogen-bond donors (Lipinski definition) is 1. The van der Waals surface area contributed by atoms with Crippen LogP contribution in [0.4, 0.5) is 0 Å². The molecule has 0 bridgehead atoms. The lowest BCUT2D eigenvalue weighted by molar-refractivity contribution is -0.225. The predicted molar refractivity (Wildman–Crippen MR) is 65.9 cm³/mol. The summed E-state index contributed by atoms with van der Waals surface area (Å²) in [6.45, 7) is 4.46. The summed E-state index contributed by atoms with van der Waals surface area (Å²) in [4.78, 5) is 0. The lowest BCUT2D eigenvalue weighted by Crippen LogP contribution is -2.35. The van der Waals surface area contributed by atoms with E-state index in [0.29, 0.717) is 13.2 Å². The van der Waals surface area contributed by atoms with E-state index in [4.69, 9.17) is 19.3 Å². The summed E-state index contributed by atoms with van der Waals surface area (Å²) < 4.78 is 16.5. The van der Waals surface area contributed by atoms with Crippen LogP contribution in [0.25, 0.3) is 0 Å². The molecule has 1 heterocycles. The quantitative estimate of drug-likeness (QED) is 0.633. The third-order valence-electron chi connectivity index (χ3n) is 2.93. The molecule has 1 rings (SSSR count). The van der Waals surface area contributed by atoms with Crippen LogP contribution in [-0.2, 0) is 14.2 Å². The van der Waals surface area contributed by atoms with E-state index in [2.05, 4.69) is 6.92 Å². The summed E-state index contributed by atoms with van der Waals surface area (Å²) in [5, 5.41) is 8.99. The highest BCUT2D eigenvalue weighted by Gasteiger charge is 2.21. The van der Waals surface area contributed by atoms with Crippen molar-refractivity contribution in [3.8, 4) is 0 Å². The average molecular weight is 246 g/mol. The molecular weight excluding hydrogens is 220 g/mol. The van der Waals surface area contributed by atoms with Crippen molar-refractivity contribution in [3.05, 3.63) is 0 Å². The molecule has 1 aliphatic rings. The Morgan fingerprint density at radius 3 is 2.88 bits per heavy atom. The van der Waals surface area contributed by atoms with Gasteiger partial charge in [-0.1, -0.05) is 26.2 Å². The van der Waals surface area contributed by atoms with Crippen molar-refractivity contribution >= 4 is 0 Å². The van der Waals surface area contributed by atoms with Gasteiger partial charge in [-0.15, -0.1) is 0 Å². The van der Waals surface area contributed by atoms with Crippen LogP contribution in [0.15, 0.2) is 0 Å². The molecule has 0 aliphatic carbocycles. The minimum atomic E-state index is -0.198. The van der Waals surface area contributed by atoms with E-state index in [0.717, 1.165) is 25.9 Å². The van der Waals surface area contributed by atoms with Gasteiger partial charge in [0.1, 0.15) is 0 Å². The second kappa shape index (κ2) is 9.83. The molecule has 17 heavy (non-hydrogen) atoms. The molecule has 0 aromatic rings. The first kappa shape index (κ1) is 14.9. The van der Waals surface area contributed by atoms with Gasteiger partial charge in [0.15, 0.2) is 6.29 Å². The van der Waals surface area contributed by atoms with Crippen LogP contribution in [-0.4, -0.2) is 43.9 Å². The molecule has 4 nitrogen and oxygen atoms in total. The third-order valence-corrected chi connectivity index (χ3v) is 2.93. The molecule has 102 valence electrons. The minimum absolute atomic E-state index is 0.0571. The monoisotopic (exact) mass is 246 g/mol. The van der Waals surface area contributed by atoms with Gasteiger partial charge in [-0.2, -0.15) is 0 Å². The second-order valence-corrected chi connectivity index (χ2v) is 4.49. The molecule has 0 aromatic heterocycles. The van der Waals surface area contributed by atoms with Gasteiger partial charge >= 0.3 is 0 Å². The van der Waals surface area contributed by atoms with Crippen molar-refractivity contribution in [1.82, 2.24) is 0 Å². The molecule has 0 radical (unpaired) electrons. The number of unbranched alkanes of at least 4 members (excludes halogenated alkanes) is 3. The van der Waals surface area contributed by atoms with Crippen LogP contribution in [0.1, 0.15) is 45.4 Å². The summed E-state index contributed by atoms with van der Waals surface area (Å²) in [6.07, 6.45) is 6.21. The fourth-order valence-corrected chi connectivity index (χ4v) is 1.85. The van der Waals surface area contributed by atoms with Gasteiger partial charge in [0.05, 0.1) is 25.9 Å². The molecule has 0 aromatic carbocycles. The Balaban J connectivity index is 1.91. The third kappa shape index (κ3) is 6.99. The Morgan fingerprint density at radius 1 is 1.24 bits per heavy atom. The van der Waals surface area contributed by atoms with E-state index >= 15 is 0 Å². The first-order valence-electron chi connectivity index (χ1n) is 6.82. The first-order valence-corrected chi connectivity index (χ1v) is 6.82. The lowest BCUT2D eigenvalue weighted by Gasteiger charge is -2.29. The molecule has 1 aliphatic heterocycles. The van der Waals surface area contributed by atoms with E-state index in [-0.39, 0.29) is 19.0 Å². The Bertz CT molecular complexity index is 175. The van der Waals surface area contributed by atoms with Crippen molar-refractivity contribution < 1.29 is 19.3 Å². The molecule has 0 amide bonds. The summed E-state index contributed by atoms with van der Waals surface area (Å²) >= 11 is 0. The van der Waals surface area contributed by atoms with E-state index in [1.54, 1.807) is 0 Å². The summed E-state index contributed by atoms with van der Waals surface area (Å²) in [5.41, 5.74) is 0. The molecule has 2 atom stereocenters. The molecule has 0 unspecified atom stereocenters. The molecule has 1 saturated heterocycles. The second-order valence-electron chi connectivity index (χ2n) is 4.49. The number of aliphatic hydroxyl groups excluding tert-OH is 1. The fourth-order valence-electron chi connectivity index (χ4n) is 1.85. The normalized spacial score (nSPS) is 25.1. The fraction of sp³-hybridized carbons (Fsp3) is 1.00. The zero-order valence-electron chi connectivity index (χ0n) is 10.9. The Hall–Kier alpha value is -0.160. The van der Waals surface area contributed by atoms with Gasteiger partial charge in [-0.05, 0) is 12.8 Å². The number of aliphatic hydroxyl groups is 1. The largest absolute Gasteiger partial charge is 0.394 e. The Morgan fingerprint density at radius 2 is 2.12 bits per heavy atom. The van der Waals surface area contributed by atoms with Crippen LogP contribution >= 0.6 is 0 Å². The zero-order valence-corrected chi connectivity index (χ0v) is 10.9. The van der Waals surface area contributed by atoms with E-state index in [1.807, 2.05) is 0 Å². The van der Waals surface area contributed by atoms with Crippen molar-refractivity contribution in [1.29, 1.82) is 0 Å². The predicted octanol–water partition coefficient (Wildman–Crippen LogP) is 2.10. The minimum Gasteiger partial charge on any atom is -0.394 e. The maximum absolute atomic E-state index is 8.99. The van der Waals surface area contributed by atoms with E-state index in [1.165, 1.54) is 19.3 Å². The van der Waals surface area contributed by atoms with Crippen molar-refractivity contribution in [2.45, 2.75) is 57.8 Å². The summed E-state index contributed by atoms with van der Waals surface area (Å²) in [5.74, 6) is 0.